The topological polar surface area (TPSA) is 75.3 Å². The minimum atomic E-state index is -0.264. The Kier molecular flexibility index (Phi) is 5.17. The number of nitrogens with one attached hydrogen (secondary N) is 1. The summed E-state index contributed by atoms with van der Waals surface area (Å²) in [6.45, 7) is 0.0502. The molecule has 7 heteroatoms. The molecule has 1 aliphatic rings. The monoisotopic (exact) mass is 357 g/mol. The lowest BCUT2D eigenvalue weighted by molar-refractivity contribution is 0.104. The molecule has 7 nitrogen and oxygen atoms in total. The summed E-state index contributed by atoms with van der Waals surface area (Å²) in [7, 11) is 4.58. The Labute approximate surface area is 151 Å². The largest absolute Gasteiger partial charge is 0.497 e. The summed E-state index contributed by atoms with van der Waals surface area (Å²) in [5.41, 5.74) is 1.14. The molecule has 0 saturated heterocycles. The van der Waals surface area contributed by atoms with Gasteiger partial charge in [0.15, 0.2) is 17.3 Å². The van der Waals surface area contributed by atoms with Crippen LogP contribution in [0.15, 0.2) is 42.6 Å². The summed E-state index contributed by atoms with van der Waals surface area (Å²) in [5, 5.41) is 3.03. The van der Waals surface area contributed by atoms with E-state index in [4.69, 9.17) is 23.7 Å². The van der Waals surface area contributed by atoms with Crippen molar-refractivity contribution >= 4 is 11.5 Å². The predicted molar refractivity (Wildman–Crippen MR) is 95.8 cm³/mol. The van der Waals surface area contributed by atoms with Gasteiger partial charge in [0.2, 0.25) is 18.3 Å². The fraction of sp³-hybridized carbons (Fsp3) is 0.211. The molecule has 0 amide bonds. The molecule has 2 aromatic carbocycles. The molecule has 0 spiro atoms. The van der Waals surface area contributed by atoms with Crippen LogP contribution in [0.2, 0.25) is 0 Å². The zero-order valence-corrected chi connectivity index (χ0v) is 14.7. The van der Waals surface area contributed by atoms with Crippen molar-refractivity contribution in [1.29, 1.82) is 0 Å². The van der Waals surface area contributed by atoms with E-state index in [0.717, 1.165) is 11.4 Å². The van der Waals surface area contributed by atoms with E-state index in [1.165, 1.54) is 20.3 Å². The molecule has 0 bridgehead atoms. The second kappa shape index (κ2) is 7.69. The Hall–Kier alpha value is -3.35. The number of fused-ring (bicyclic) bond motifs is 1. The van der Waals surface area contributed by atoms with E-state index in [-0.39, 0.29) is 12.6 Å². The Bertz CT molecular complexity index is 829. The van der Waals surface area contributed by atoms with Crippen LogP contribution in [0.1, 0.15) is 10.4 Å². The summed E-state index contributed by atoms with van der Waals surface area (Å²) >= 11 is 0. The standard InChI is InChI=1S/C19H19NO6/c1-22-13-6-4-12(5-7-13)20-9-8-15(21)14-10-16(23-2)18-19(17(14)24-3)26-11-25-18/h4-10,20H,11H2,1-3H3/b9-8+. The third kappa shape index (κ3) is 3.37. The molecule has 1 N–H and O–H groups in total. The van der Waals surface area contributed by atoms with Crippen molar-refractivity contribution in [3.05, 3.63) is 48.2 Å². The highest BCUT2D eigenvalue weighted by molar-refractivity contribution is 6.08. The molecule has 0 unspecified atom stereocenters. The van der Waals surface area contributed by atoms with Crippen molar-refractivity contribution in [3.8, 4) is 28.7 Å². The van der Waals surface area contributed by atoms with Crippen molar-refractivity contribution in [1.82, 2.24) is 0 Å². The highest BCUT2D eigenvalue weighted by Gasteiger charge is 2.28. The highest BCUT2D eigenvalue weighted by Crippen LogP contribution is 2.49. The lowest BCUT2D eigenvalue weighted by Gasteiger charge is -2.12. The second-order valence-electron chi connectivity index (χ2n) is 5.29. The minimum Gasteiger partial charge on any atom is -0.497 e. The summed E-state index contributed by atoms with van der Waals surface area (Å²) in [4.78, 5) is 12.6. The first-order valence-electron chi connectivity index (χ1n) is 7.84. The number of methoxy groups -OCH3 is 3. The molecule has 1 aliphatic heterocycles. The molecule has 0 radical (unpaired) electrons. The van der Waals surface area contributed by atoms with Crippen molar-refractivity contribution in [3.63, 3.8) is 0 Å². The van der Waals surface area contributed by atoms with Crippen LogP contribution >= 0.6 is 0 Å². The van der Waals surface area contributed by atoms with Gasteiger partial charge in [-0.3, -0.25) is 4.79 Å². The van der Waals surface area contributed by atoms with E-state index < -0.39 is 0 Å². The first kappa shape index (κ1) is 17.5. The average Bonchev–Trinajstić information content (AvgIpc) is 3.16. The minimum absolute atomic E-state index is 0.0502. The molecular formula is C19H19NO6. The maximum Gasteiger partial charge on any atom is 0.231 e. The molecule has 136 valence electrons. The molecule has 0 atom stereocenters. The van der Waals surface area contributed by atoms with Crippen LogP contribution in [0.3, 0.4) is 0 Å². The third-order valence-electron chi connectivity index (χ3n) is 3.83. The van der Waals surface area contributed by atoms with Gasteiger partial charge in [-0.2, -0.15) is 0 Å². The number of hydrogen-bond donors (Lipinski definition) is 1. The van der Waals surface area contributed by atoms with Gasteiger partial charge in [-0.15, -0.1) is 0 Å². The van der Waals surface area contributed by atoms with E-state index in [1.807, 2.05) is 24.3 Å². The van der Waals surface area contributed by atoms with E-state index in [2.05, 4.69) is 5.32 Å². The molecule has 0 saturated carbocycles. The van der Waals surface area contributed by atoms with Gasteiger partial charge in [0, 0.05) is 18.0 Å². The van der Waals surface area contributed by atoms with Crippen LogP contribution in [0.25, 0.3) is 0 Å². The Morgan fingerprint density at radius 2 is 1.77 bits per heavy atom. The zero-order chi connectivity index (χ0) is 18.5. The lowest BCUT2D eigenvalue weighted by Crippen LogP contribution is -2.02. The average molecular weight is 357 g/mol. The molecule has 0 aromatic heterocycles. The fourth-order valence-electron chi connectivity index (χ4n) is 2.54. The van der Waals surface area contributed by atoms with Gasteiger partial charge in [0.1, 0.15) is 5.75 Å². The third-order valence-corrected chi connectivity index (χ3v) is 3.83. The second-order valence-corrected chi connectivity index (χ2v) is 5.29. The van der Waals surface area contributed by atoms with E-state index >= 15 is 0 Å². The number of hydrogen-bond acceptors (Lipinski definition) is 7. The number of carbonyl (C=O) groups excluding carboxylic acids is 1. The van der Waals surface area contributed by atoms with Gasteiger partial charge in [0.05, 0.1) is 26.9 Å². The van der Waals surface area contributed by atoms with Gasteiger partial charge in [-0.1, -0.05) is 0 Å². The molecule has 0 aliphatic carbocycles. The SMILES string of the molecule is COc1ccc(N/C=C/C(=O)c2cc(OC)c3c(c2OC)OCO3)cc1. The van der Waals surface area contributed by atoms with Crippen LogP contribution < -0.4 is 29.0 Å². The molecule has 26 heavy (non-hydrogen) atoms. The molecule has 0 fully saturated rings. The fourth-order valence-corrected chi connectivity index (χ4v) is 2.54. The normalized spacial score (nSPS) is 12.1. The first-order chi connectivity index (χ1) is 12.7. The van der Waals surface area contributed by atoms with Crippen LogP contribution in [0.5, 0.6) is 28.7 Å². The first-order valence-corrected chi connectivity index (χ1v) is 7.84. The van der Waals surface area contributed by atoms with Crippen LogP contribution in [0.4, 0.5) is 5.69 Å². The Balaban J connectivity index is 1.80. The molecule has 1 heterocycles. The van der Waals surface area contributed by atoms with Crippen molar-refractivity contribution in [2.75, 3.05) is 33.4 Å². The Morgan fingerprint density at radius 1 is 1.04 bits per heavy atom. The number of allylic oxidation sites excluding steroid dienone is 1. The Morgan fingerprint density at radius 3 is 2.42 bits per heavy atom. The summed E-state index contributed by atoms with van der Waals surface area (Å²) in [6, 6.07) is 8.91. The van der Waals surface area contributed by atoms with Gasteiger partial charge < -0.3 is 29.0 Å². The van der Waals surface area contributed by atoms with Crippen molar-refractivity contribution < 1.29 is 28.5 Å². The maximum atomic E-state index is 12.6. The zero-order valence-electron chi connectivity index (χ0n) is 14.7. The number of carbonyl (C=O) groups is 1. The highest BCUT2D eigenvalue weighted by atomic mass is 16.7. The van der Waals surface area contributed by atoms with Gasteiger partial charge in [-0.05, 0) is 30.3 Å². The molecule has 2 aromatic rings. The van der Waals surface area contributed by atoms with Crippen molar-refractivity contribution in [2.24, 2.45) is 0 Å². The summed E-state index contributed by atoms with van der Waals surface area (Å²) in [5.74, 6) is 2.02. The van der Waals surface area contributed by atoms with E-state index in [9.17, 15) is 4.79 Å². The number of anilines is 1. The van der Waals surface area contributed by atoms with Crippen LogP contribution in [-0.4, -0.2) is 33.9 Å². The quantitative estimate of drug-likeness (QED) is 0.602. The van der Waals surface area contributed by atoms with E-state index in [0.29, 0.717) is 28.6 Å². The summed E-state index contributed by atoms with van der Waals surface area (Å²) in [6.07, 6.45) is 2.96. The molecular weight excluding hydrogens is 338 g/mol. The van der Waals surface area contributed by atoms with Crippen LogP contribution in [0, 0.1) is 0 Å². The van der Waals surface area contributed by atoms with Gasteiger partial charge in [0.25, 0.3) is 0 Å². The maximum absolute atomic E-state index is 12.6. The summed E-state index contributed by atoms with van der Waals surface area (Å²) < 4.78 is 26.5. The van der Waals surface area contributed by atoms with Gasteiger partial charge in [-0.25, -0.2) is 0 Å². The van der Waals surface area contributed by atoms with Crippen molar-refractivity contribution in [2.45, 2.75) is 0 Å². The van der Waals surface area contributed by atoms with Crippen LogP contribution in [-0.2, 0) is 0 Å². The molecule has 3 rings (SSSR count). The number of benzene rings is 2. The number of rotatable bonds is 7. The predicted octanol–water partition coefficient (Wildman–Crippen LogP) is 3.25. The van der Waals surface area contributed by atoms with E-state index in [1.54, 1.807) is 19.4 Å². The number of ketones is 1. The smallest absolute Gasteiger partial charge is 0.231 e. The number of ether oxygens (including phenoxy) is 5. The lowest BCUT2D eigenvalue weighted by atomic mass is 10.1. The van der Waals surface area contributed by atoms with Gasteiger partial charge >= 0.3 is 0 Å².